The first-order chi connectivity index (χ1) is 14.5. The van der Waals surface area contributed by atoms with E-state index >= 15 is 0 Å². The number of amides is 1. The summed E-state index contributed by atoms with van der Waals surface area (Å²) in [4.78, 5) is 29.7. The number of pyridine rings is 1. The van der Waals surface area contributed by atoms with E-state index in [1.165, 1.54) is 0 Å². The quantitative estimate of drug-likeness (QED) is 0.568. The number of benzene rings is 1. The molecule has 3 aromatic rings. The molecule has 0 aliphatic rings. The lowest BCUT2D eigenvalue weighted by Crippen LogP contribution is -2.35. The van der Waals surface area contributed by atoms with Crippen molar-refractivity contribution in [1.29, 1.82) is 0 Å². The lowest BCUT2D eigenvalue weighted by molar-refractivity contribution is 0.0951. The fourth-order valence-electron chi connectivity index (χ4n) is 3.15. The van der Waals surface area contributed by atoms with E-state index < -0.39 is 0 Å². The van der Waals surface area contributed by atoms with Crippen LogP contribution in [0.2, 0.25) is 0 Å². The number of hydrogen-bond acceptors (Lipinski definition) is 6. The summed E-state index contributed by atoms with van der Waals surface area (Å²) in [6.07, 6.45) is 4.72. The molecule has 7 nitrogen and oxygen atoms in total. The monoisotopic (exact) mass is 427 g/mol. The first kappa shape index (κ1) is 21.6. The molecule has 158 valence electrons. The Morgan fingerprint density at radius 1 is 1.17 bits per heavy atom. The molecule has 1 aromatic carbocycles. The summed E-state index contributed by atoms with van der Waals surface area (Å²) in [6.45, 7) is 2.66. The Morgan fingerprint density at radius 3 is 2.67 bits per heavy atom. The highest BCUT2D eigenvalue weighted by molar-refractivity contribution is 7.09. The number of methoxy groups -OCH3 is 2. The maximum atomic E-state index is 12.9. The van der Waals surface area contributed by atoms with Crippen LogP contribution in [-0.2, 0) is 19.4 Å². The number of hydrogen-bond donors (Lipinski definition) is 1. The van der Waals surface area contributed by atoms with Gasteiger partial charge in [-0.15, -0.1) is 11.3 Å². The second-order valence-electron chi connectivity index (χ2n) is 6.74. The zero-order valence-electron chi connectivity index (χ0n) is 17.3. The summed E-state index contributed by atoms with van der Waals surface area (Å²) in [5.41, 5.74) is 1.56. The molecule has 0 bridgehead atoms. The molecule has 1 amide bonds. The normalized spacial score (nSPS) is 10.6. The second kappa shape index (κ2) is 10.1. The molecule has 0 unspecified atom stereocenters. The van der Waals surface area contributed by atoms with E-state index in [0.29, 0.717) is 43.0 Å². The summed E-state index contributed by atoms with van der Waals surface area (Å²) in [5, 5.41) is 5.68. The lowest BCUT2D eigenvalue weighted by atomic mass is 10.1. The van der Waals surface area contributed by atoms with Gasteiger partial charge in [-0.05, 0) is 42.7 Å². The highest BCUT2D eigenvalue weighted by Crippen LogP contribution is 2.27. The average Bonchev–Trinajstić information content (AvgIpc) is 3.26. The lowest BCUT2D eigenvalue weighted by Gasteiger charge is -2.12. The fourth-order valence-corrected chi connectivity index (χ4v) is 3.77. The van der Waals surface area contributed by atoms with Crippen LogP contribution in [0.1, 0.15) is 26.5 Å². The molecule has 0 atom stereocenters. The van der Waals surface area contributed by atoms with Gasteiger partial charge in [-0.1, -0.05) is 6.07 Å². The van der Waals surface area contributed by atoms with Crippen LogP contribution < -0.4 is 20.3 Å². The van der Waals surface area contributed by atoms with Crippen LogP contribution >= 0.6 is 11.3 Å². The number of carbonyl (C=O) groups excluding carboxylic acids is 1. The standard InChI is InChI=1S/C22H25N3O4S/c1-15-7-11-25(12-8-16-4-5-17(28-2)18(14-16)29-3)22(27)20(15)21(26)24-9-6-19-23-10-13-30-19/h4-5,7,10-11,13-14H,6,8-9,12H2,1-3H3,(H,24,26). The Morgan fingerprint density at radius 2 is 1.97 bits per heavy atom. The van der Waals surface area contributed by atoms with Crippen molar-refractivity contribution in [2.75, 3.05) is 20.8 Å². The highest BCUT2D eigenvalue weighted by atomic mass is 32.1. The summed E-state index contributed by atoms with van der Waals surface area (Å²) in [6, 6.07) is 7.47. The van der Waals surface area contributed by atoms with Crippen molar-refractivity contribution >= 4 is 17.2 Å². The highest BCUT2D eigenvalue weighted by Gasteiger charge is 2.16. The average molecular weight is 428 g/mol. The van der Waals surface area contributed by atoms with E-state index in [0.717, 1.165) is 10.6 Å². The molecule has 0 aliphatic carbocycles. The molecule has 0 spiro atoms. The molecular formula is C22H25N3O4S. The largest absolute Gasteiger partial charge is 0.493 e. The first-order valence-electron chi connectivity index (χ1n) is 9.61. The van der Waals surface area contributed by atoms with E-state index in [9.17, 15) is 9.59 Å². The van der Waals surface area contributed by atoms with Crippen LogP contribution in [0.5, 0.6) is 11.5 Å². The maximum Gasteiger partial charge on any atom is 0.263 e. The first-order valence-corrected chi connectivity index (χ1v) is 10.5. The fraction of sp³-hybridized carbons (Fsp3) is 0.318. The van der Waals surface area contributed by atoms with Crippen molar-refractivity contribution in [2.24, 2.45) is 0 Å². The van der Waals surface area contributed by atoms with Gasteiger partial charge in [0.05, 0.1) is 19.2 Å². The van der Waals surface area contributed by atoms with Crippen molar-refractivity contribution in [1.82, 2.24) is 14.9 Å². The van der Waals surface area contributed by atoms with Gasteiger partial charge < -0.3 is 19.4 Å². The van der Waals surface area contributed by atoms with Crippen LogP contribution in [0.15, 0.2) is 46.8 Å². The maximum absolute atomic E-state index is 12.9. The molecule has 30 heavy (non-hydrogen) atoms. The Bertz CT molecular complexity index is 1060. The molecule has 8 heteroatoms. The van der Waals surface area contributed by atoms with E-state index in [-0.39, 0.29) is 17.0 Å². The topological polar surface area (TPSA) is 82.5 Å². The zero-order valence-corrected chi connectivity index (χ0v) is 18.1. The van der Waals surface area contributed by atoms with Crippen LogP contribution in [0.3, 0.4) is 0 Å². The van der Waals surface area contributed by atoms with Crippen molar-refractivity contribution in [2.45, 2.75) is 26.3 Å². The Hall–Kier alpha value is -3.13. The molecule has 2 heterocycles. The number of nitrogens with one attached hydrogen (secondary N) is 1. The minimum atomic E-state index is -0.352. The van der Waals surface area contributed by atoms with E-state index in [4.69, 9.17) is 9.47 Å². The summed E-state index contributed by atoms with van der Waals surface area (Å²) in [5.74, 6) is 0.950. The Labute approximate surface area is 179 Å². The van der Waals surface area contributed by atoms with Crippen LogP contribution in [0.4, 0.5) is 0 Å². The minimum absolute atomic E-state index is 0.184. The third-order valence-electron chi connectivity index (χ3n) is 4.80. The zero-order chi connectivity index (χ0) is 21.5. The summed E-state index contributed by atoms with van der Waals surface area (Å²) >= 11 is 1.54. The number of aromatic nitrogens is 2. The number of rotatable bonds is 9. The van der Waals surface area contributed by atoms with Gasteiger partial charge in [0.25, 0.3) is 11.5 Å². The molecule has 1 N–H and O–H groups in total. The third-order valence-corrected chi connectivity index (χ3v) is 5.64. The molecule has 0 saturated heterocycles. The molecule has 0 radical (unpaired) electrons. The van der Waals surface area contributed by atoms with Gasteiger partial charge in [0.2, 0.25) is 0 Å². The van der Waals surface area contributed by atoms with Crippen molar-refractivity contribution in [3.05, 3.63) is 74.1 Å². The van der Waals surface area contributed by atoms with E-state index in [1.807, 2.05) is 23.6 Å². The molecule has 2 aromatic heterocycles. The Kier molecular flexibility index (Phi) is 7.24. The van der Waals surface area contributed by atoms with Gasteiger partial charge in [0.1, 0.15) is 5.56 Å². The van der Waals surface area contributed by atoms with Gasteiger partial charge >= 0.3 is 0 Å². The number of carbonyl (C=O) groups is 1. The number of thiazole rings is 1. The molecule has 3 rings (SSSR count). The van der Waals surface area contributed by atoms with Gasteiger partial charge in [0, 0.05) is 37.3 Å². The van der Waals surface area contributed by atoms with Gasteiger partial charge in [-0.2, -0.15) is 0 Å². The second-order valence-corrected chi connectivity index (χ2v) is 7.72. The van der Waals surface area contributed by atoms with Crippen molar-refractivity contribution < 1.29 is 14.3 Å². The van der Waals surface area contributed by atoms with Crippen molar-refractivity contribution in [3.63, 3.8) is 0 Å². The van der Waals surface area contributed by atoms with Crippen molar-refractivity contribution in [3.8, 4) is 11.5 Å². The number of aryl methyl sites for hydroxylation is 3. The minimum Gasteiger partial charge on any atom is -0.493 e. The third kappa shape index (κ3) is 5.07. The summed E-state index contributed by atoms with van der Waals surface area (Å²) < 4.78 is 12.2. The van der Waals surface area contributed by atoms with Gasteiger partial charge in [-0.3, -0.25) is 9.59 Å². The van der Waals surface area contributed by atoms with Gasteiger partial charge in [0.15, 0.2) is 11.5 Å². The smallest absolute Gasteiger partial charge is 0.263 e. The number of nitrogens with zero attached hydrogens (tertiary/aromatic N) is 2. The van der Waals surface area contributed by atoms with Crippen LogP contribution in [0.25, 0.3) is 0 Å². The predicted molar refractivity (Wildman–Crippen MR) is 117 cm³/mol. The molecular weight excluding hydrogens is 402 g/mol. The van der Waals surface area contributed by atoms with E-state index in [1.54, 1.807) is 55.5 Å². The molecule has 0 saturated carbocycles. The number of ether oxygens (including phenoxy) is 2. The van der Waals surface area contributed by atoms with Gasteiger partial charge in [-0.25, -0.2) is 4.98 Å². The summed E-state index contributed by atoms with van der Waals surface area (Å²) in [7, 11) is 3.18. The Balaban J connectivity index is 1.69. The molecule has 0 fully saturated rings. The molecule has 0 aliphatic heterocycles. The predicted octanol–water partition coefficient (Wildman–Crippen LogP) is 2.85. The van der Waals surface area contributed by atoms with Crippen LogP contribution in [0, 0.1) is 6.92 Å². The van der Waals surface area contributed by atoms with E-state index in [2.05, 4.69) is 10.3 Å². The van der Waals surface area contributed by atoms with Crippen LogP contribution in [-0.4, -0.2) is 36.2 Å². The SMILES string of the molecule is COc1ccc(CCn2ccc(C)c(C(=O)NCCc3nccs3)c2=O)cc1OC.